The van der Waals surface area contributed by atoms with Crippen LogP contribution in [0.3, 0.4) is 0 Å². The summed E-state index contributed by atoms with van der Waals surface area (Å²) in [6.45, 7) is 1.16. The Morgan fingerprint density at radius 3 is 3.00 bits per heavy atom. The molecule has 18 heavy (non-hydrogen) atoms. The van der Waals surface area contributed by atoms with Gasteiger partial charge in [0.2, 0.25) is 0 Å². The van der Waals surface area contributed by atoms with E-state index in [1.807, 2.05) is 10.8 Å². The molecule has 0 aromatic carbocycles. The number of nitrogens with two attached hydrogens (primary N) is 1. The van der Waals surface area contributed by atoms with E-state index in [-0.39, 0.29) is 5.97 Å². The fourth-order valence-electron chi connectivity index (χ4n) is 1.70. The van der Waals surface area contributed by atoms with Crippen LogP contribution in [0.25, 0.3) is 0 Å². The lowest BCUT2D eigenvalue weighted by molar-refractivity contribution is 0.0485. The second-order valence-electron chi connectivity index (χ2n) is 4.06. The Hall–Kier alpha value is -2.24. The number of rotatable bonds is 5. The van der Waals surface area contributed by atoms with Crippen molar-refractivity contribution in [2.24, 2.45) is 7.05 Å². The van der Waals surface area contributed by atoms with Gasteiger partial charge in [0.1, 0.15) is 5.69 Å². The minimum atomic E-state index is -0.347. The molecule has 96 valence electrons. The van der Waals surface area contributed by atoms with Crippen molar-refractivity contribution in [1.29, 1.82) is 0 Å². The van der Waals surface area contributed by atoms with E-state index < -0.39 is 0 Å². The summed E-state index contributed by atoms with van der Waals surface area (Å²) in [5.41, 5.74) is 6.62. The molecule has 0 aliphatic rings. The molecular formula is C12H16N4O2. The van der Waals surface area contributed by atoms with E-state index in [0.29, 0.717) is 18.0 Å². The van der Waals surface area contributed by atoms with Crippen molar-refractivity contribution in [1.82, 2.24) is 14.1 Å². The zero-order valence-electron chi connectivity index (χ0n) is 10.2. The van der Waals surface area contributed by atoms with Crippen LogP contribution in [-0.4, -0.2) is 26.7 Å². The minimum Gasteiger partial charge on any atom is -0.461 e. The molecular weight excluding hydrogens is 232 g/mol. The molecule has 2 heterocycles. The highest BCUT2D eigenvalue weighted by Gasteiger charge is 2.11. The number of aromatic nitrogens is 3. The molecule has 0 saturated heterocycles. The van der Waals surface area contributed by atoms with Gasteiger partial charge in [0.25, 0.3) is 0 Å². The van der Waals surface area contributed by atoms with Gasteiger partial charge >= 0.3 is 5.97 Å². The molecule has 0 bridgehead atoms. The average molecular weight is 248 g/mol. The summed E-state index contributed by atoms with van der Waals surface area (Å²) in [6.07, 6.45) is 7.77. The number of carbonyl (C=O) groups excluding carboxylic acids is 1. The van der Waals surface area contributed by atoms with Crippen molar-refractivity contribution in [3.05, 3.63) is 36.7 Å². The molecule has 2 N–H and O–H groups in total. The van der Waals surface area contributed by atoms with Gasteiger partial charge < -0.3 is 19.6 Å². The Morgan fingerprint density at radius 1 is 1.56 bits per heavy atom. The third-order valence-corrected chi connectivity index (χ3v) is 2.59. The molecule has 0 amide bonds. The van der Waals surface area contributed by atoms with E-state index in [0.717, 1.165) is 13.0 Å². The number of nitrogen functional groups attached to an aromatic ring is 1. The van der Waals surface area contributed by atoms with Crippen molar-refractivity contribution in [3.8, 4) is 0 Å². The quantitative estimate of drug-likeness (QED) is 0.634. The SMILES string of the molecule is Cn1cc(N)cc1C(=O)OCCCn1ccnc1. The lowest BCUT2D eigenvalue weighted by Crippen LogP contribution is -2.11. The molecule has 0 spiro atoms. The highest BCUT2D eigenvalue weighted by atomic mass is 16.5. The van der Waals surface area contributed by atoms with Gasteiger partial charge in [0.15, 0.2) is 0 Å². The first kappa shape index (κ1) is 12.2. The standard InChI is InChI=1S/C12H16N4O2/c1-15-8-10(13)7-11(15)12(17)18-6-2-4-16-5-3-14-9-16/h3,5,7-9H,2,4,6,13H2,1H3. The van der Waals surface area contributed by atoms with Crippen LogP contribution in [0, 0.1) is 0 Å². The van der Waals surface area contributed by atoms with Gasteiger partial charge in [0.05, 0.1) is 18.6 Å². The molecule has 0 aliphatic heterocycles. The number of anilines is 1. The van der Waals surface area contributed by atoms with Crippen LogP contribution in [0.15, 0.2) is 31.0 Å². The molecule has 0 fully saturated rings. The summed E-state index contributed by atoms with van der Waals surface area (Å²) in [5.74, 6) is -0.347. The van der Waals surface area contributed by atoms with E-state index in [2.05, 4.69) is 4.98 Å². The van der Waals surface area contributed by atoms with Gasteiger partial charge in [-0.25, -0.2) is 9.78 Å². The van der Waals surface area contributed by atoms with Crippen LogP contribution in [0.5, 0.6) is 0 Å². The van der Waals surface area contributed by atoms with Crippen LogP contribution >= 0.6 is 0 Å². The molecule has 6 nitrogen and oxygen atoms in total. The maximum absolute atomic E-state index is 11.7. The number of hydrogen-bond donors (Lipinski definition) is 1. The van der Waals surface area contributed by atoms with Gasteiger partial charge in [-0.2, -0.15) is 0 Å². The summed E-state index contributed by atoms with van der Waals surface area (Å²) in [6, 6.07) is 1.61. The number of esters is 1. The van der Waals surface area contributed by atoms with Crippen LogP contribution < -0.4 is 5.73 Å². The number of aryl methyl sites for hydroxylation is 2. The third kappa shape index (κ3) is 2.91. The number of imidazole rings is 1. The zero-order valence-corrected chi connectivity index (χ0v) is 10.2. The molecule has 0 saturated carbocycles. The first-order valence-electron chi connectivity index (χ1n) is 5.71. The van der Waals surface area contributed by atoms with E-state index in [1.54, 1.807) is 36.4 Å². The first-order valence-corrected chi connectivity index (χ1v) is 5.71. The predicted molar refractivity (Wildman–Crippen MR) is 67.0 cm³/mol. The monoisotopic (exact) mass is 248 g/mol. The van der Waals surface area contributed by atoms with E-state index in [4.69, 9.17) is 10.5 Å². The van der Waals surface area contributed by atoms with Gasteiger partial charge in [-0.15, -0.1) is 0 Å². The molecule has 0 radical (unpaired) electrons. The van der Waals surface area contributed by atoms with Crippen LogP contribution in [-0.2, 0) is 18.3 Å². The lowest BCUT2D eigenvalue weighted by atomic mass is 10.4. The Kier molecular flexibility index (Phi) is 3.66. The number of carbonyl (C=O) groups is 1. The van der Waals surface area contributed by atoms with E-state index in [1.165, 1.54) is 0 Å². The number of ether oxygens (including phenoxy) is 1. The molecule has 6 heteroatoms. The van der Waals surface area contributed by atoms with Crippen LogP contribution in [0.1, 0.15) is 16.9 Å². The van der Waals surface area contributed by atoms with Crippen molar-refractivity contribution < 1.29 is 9.53 Å². The maximum Gasteiger partial charge on any atom is 0.355 e. The van der Waals surface area contributed by atoms with E-state index >= 15 is 0 Å². The summed E-state index contributed by atoms with van der Waals surface area (Å²) < 4.78 is 8.77. The number of nitrogens with zero attached hydrogens (tertiary/aromatic N) is 3. The minimum absolute atomic E-state index is 0.347. The Morgan fingerprint density at radius 2 is 2.39 bits per heavy atom. The molecule has 2 rings (SSSR count). The normalized spacial score (nSPS) is 10.5. The third-order valence-electron chi connectivity index (χ3n) is 2.59. The highest BCUT2D eigenvalue weighted by Crippen LogP contribution is 2.10. The average Bonchev–Trinajstić information content (AvgIpc) is 2.94. The van der Waals surface area contributed by atoms with Gasteiger partial charge in [0, 0.05) is 32.2 Å². The van der Waals surface area contributed by atoms with E-state index in [9.17, 15) is 4.79 Å². The fourth-order valence-corrected chi connectivity index (χ4v) is 1.70. The van der Waals surface area contributed by atoms with Crippen molar-refractivity contribution in [2.45, 2.75) is 13.0 Å². The second kappa shape index (κ2) is 5.39. The van der Waals surface area contributed by atoms with Crippen molar-refractivity contribution in [2.75, 3.05) is 12.3 Å². The van der Waals surface area contributed by atoms with Crippen molar-refractivity contribution in [3.63, 3.8) is 0 Å². The summed E-state index contributed by atoms with van der Waals surface area (Å²) in [5, 5.41) is 0. The maximum atomic E-state index is 11.7. The molecule has 2 aromatic rings. The summed E-state index contributed by atoms with van der Waals surface area (Å²) in [4.78, 5) is 15.7. The Bertz CT molecular complexity index is 516. The van der Waals surface area contributed by atoms with Gasteiger partial charge in [-0.3, -0.25) is 0 Å². The summed E-state index contributed by atoms with van der Waals surface area (Å²) in [7, 11) is 1.76. The van der Waals surface area contributed by atoms with Gasteiger partial charge in [-0.1, -0.05) is 0 Å². The molecule has 0 unspecified atom stereocenters. The Balaban J connectivity index is 1.77. The Labute approximate surface area is 105 Å². The molecule has 2 aromatic heterocycles. The fraction of sp³-hybridized carbons (Fsp3) is 0.333. The first-order chi connectivity index (χ1) is 8.66. The van der Waals surface area contributed by atoms with Crippen LogP contribution in [0.2, 0.25) is 0 Å². The predicted octanol–water partition coefficient (Wildman–Crippen LogP) is 1.05. The van der Waals surface area contributed by atoms with Crippen molar-refractivity contribution >= 4 is 11.7 Å². The zero-order chi connectivity index (χ0) is 13.0. The van der Waals surface area contributed by atoms with Crippen LogP contribution in [0.4, 0.5) is 5.69 Å². The lowest BCUT2D eigenvalue weighted by Gasteiger charge is -2.05. The highest BCUT2D eigenvalue weighted by molar-refractivity contribution is 5.89. The summed E-state index contributed by atoms with van der Waals surface area (Å²) >= 11 is 0. The topological polar surface area (TPSA) is 75.1 Å². The second-order valence-corrected chi connectivity index (χ2v) is 4.06. The van der Waals surface area contributed by atoms with Gasteiger partial charge in [-0.05, 0) is 12.5 Å². The largest absolute Gasteiger partial charge is 0.461 e. The smallest absolute Gasteiger partial charge is 0.355 e. The molecule has 0 aliphatic carbocycles. The molecule has 0 atom stereocenters. The number of hydrogen-bond acceptors (Lipinski definition) is 4.